The van der Waals surface area contributed by atoms with Gasteiger partial charge < -0.3 is 26.2 Å². The Hall–Kier alpha value is -4.79. The number of aliphatic carboxylic acids is 1. The Balaban J connectivity index is 0.000000952. The van der Waals surface area contributed by atoms with Gasteiger partial charge in [0.2, 0.25) is 0 Å². The largest absolute Gasteiger partial charge is 0.495 e. The van der Waals surface area contributed by atoms with Crippen LogP contribution in [0.2, 0.25) is 0 Å². The fourth-order valence-corrected chi connectivity index (χ4v) is 4.62. The lowest BCUT2D eigenvalue weighted by Crippen LogP contribution is -2.30. The number of aromatic nitrogens is 4. The Morgan fingerprint density at radius 3 is 2.50 bits per heavy atom. The Kier molecular flexibility index (Phi) is 8.90. The minimum atomic E-state index is -4.92. The van der Waals surface area contributed by atoms with E-state index in [9.17, 15) is 22.4 Å². The summed E-state index contributed by atoms with van der Waals surface area (Å²) in [6.45, 7) is 2.75. The highest BCUT2D eigenvalue weighted by molar-refractivity contribution is 6.07. The number of carboxylic acid groups (broad SMARTS) is 1. The van der Waals surface area contributed by atoms with Gasteiger partial charge in [0, 0.05) is 12.5 Å². The van der Waals surface area contributed by atoms with Crippen molar-refractivity contribution in [2.75, 3.05) is 31.2 Å². The van der Waals surface area contributed by atoms with Crippen molar-refractivity contribution in [1.29, 1.82) is 0 Å². The monoisotopic (exact) mass is 589 g/mol. The molecule has 5 rings (SSSR count). The number of anilines is 2. The van der Waals surface area contributed by atoms with Crippen LogP contribution in [-0.4, -0.2) is 56.9 Å². The van der Waals surface area contributed by atoms with Crippen molar-refractivity contribution in [2.45, 2.75) is 32.0 Å². The van der Waals surface area contributed by atoms with Gasteiger partial charge in [-0.1, -0.05) is 12.1 Å². The third-order valence-electron chi connectivity index (χ3n) is 6.44. The normalized spacial score (nSPS) is 13.8. The van der Waals surface area contributed by atoms with E-state index in [2.05, 4.69) is 20.6 Å². The molecule has 15 heteroatoms. The van der Waals surface area contributed by atoms with E-state index >= 15 is 0 Å². The molecule has 5 N–H and O–H groups in total. The number of nitrogen functional groups attached to an aromatic ring is 1. The van der Waals surface area contributed by atoms with E-state index in [0.29, 0.717) is 28.4 Å². The maximum atomic E-state index is 14.3. The molecular formula is C27H27F4N7O4. The third kappa shape index (κ3) is 6.40. The number of alkyl halides is 3. The second-order valence-corrected chi connectivity index (χ2v) is 9.28. The Labute approximate surface area is 236 Å². The maximum absolute atomic E-state index is 14.3. The van der Waals surface area contributed by atoms with Gasteiger partial charge in [-0.15, -0.1) is 0 Å². The van der Waals surface area contributed by atoms with Crippen molar-refractivity contribution in [3.05, 3.63) is 59.7 Å². The predicted molar refractivity (Wildman–Crippen MR) is 146 cm³/mol. The standard InChI is InChI=1S/C25H23F4N7O2.C2H4O2/c1-38-18-11-13(5-6-17(18)34-24(37)19-15(25(27,28)29)3-2-4-16(19)26)21-20-22(30)32-12-33-23(20)36(35-21)14-7-9-31-10-8-14;1-2(3)4/h2-6,11-12,14,31H,7-10H2,1H3,(H,34,37)(H2,30,32,33);1H3,(H,3,4). The van der Waals surface area contributed by atoms with Crippen molar-refractivity contribution in [2.24, 2.45) is 0 Å². The minimum absolute atomic E-state index is 0.0453. The molecule has 0 saturated carbocycles. The number of ether oxygens (including phenoxy) is 1. The van der Waals surface area contributed by atoms with Crippen LogP contribution < -0.4 is 21.1 Å². The molecule has 0 bridgehead atoms. The first-order valence-electron chi connectivity index (χ1n) is 12.7. The average molecular weight is 590 g/mol. The first kappa shape index (κ1) is 30.2. The molecular weight excluding hydrogens is 562 g/mol. The number of nitrogens with zero attached hydrogens (tertiary/aromatic N) is 4. The van der Waals surface area contributed by atoms with Crippen molar-refractivity contribution >= 4 is 34.4 Å². The van der Waals surface area contributed by atoms with Crippen molar-refractivity contribution in [3.63, 3.8) is 0 Å². The fourth-order valence-electron chi connectivity index (χ4n) is 4.62. The summed E-state index contributed by atoms with van der Waals surface area (Å²) in [4.78, 5) is 30.3. The summed E-state index contributed by atoms with van der Waals surface area (Å²) in [5, 5.41) is 18.4. The number of carboxylic acids is 1. The van der Waals surface area contributed by atoms with Crippen LogP contribution in [0.15, 0.2) is 42.7 Å². The van der Waals surface area contributed by atoms with Gasteiger partial charge in [0.05, 0.1) is 35.4 Å². The zero-order chi connectivity index (χ0) is 30.6. The van der Waals surface area contributed by atoms with Crippen LogP contribution >= 0.6 is 0 Å². The first-order chi connectivity index (χ1) is 19.9. The number of halogens is 4. The molecule has 42 heavy (non-hydrogen) atoms. The number of carbonyl (C=O) groups excluding carboxylic acids is 1. The van der Waals surface area contributed by atoms with Gasteiger partial charge in [0.1, 0.15) is 29.4 Å². The number of hydrogen-bond donors (Lipinski definition) is 4. The highest BCUT2D eigenvalue weighted by Gasteiger charge is 2.37. The van der Waals surface area contributed by atoms with E-state index in [0.717, 1.165) is 45.0 Å². The molecule has 1 aliphatic heterocycles. The van der Waals surface area contributed by atoms with Gasteiger partial charge in [-0.25, -0.2) is 19.0 Å². The van der Waals surface area contributed by atoms with Crippen LogP contribution in [0.25, 0.3) is 22.3 Å². The second kappa shape index (κ2) is 12.4. The van der Waals surface area contributed by atoms with Gasteiger partial charge in [-0.3, -0.25) is 9.59 Å². The molecule has 1 aliphatic rings. The van der Waals surface area contributed by atoms with Gasteiger partial charge in [0.25, 0.3) is 11.9 Å². The molecule has 11 nitrogen and oxygen atoms in total. The molecule has 1 saturated heterocycles. The maximum Gasteiger partial charge on any atom is 0.417 e. The molecule has 2 aromatic heterocycles. The van der Waals surface area contributed by atoms with E-state index in [1.807, 2.05) is 4.68 Å². The number of methoxy groups -OCH3 is 1. The molecule has 0 radical (unpaired) electrons. The zero-order valence-electron chi connectivity index (χ0n) is 22.5. The summed E-state index contributed by atoms with van der Waals surface area (Å²) in [6, 6.07) is 7.04. The Morgan fingerprint density at radius 2 is 1.86 bits per heavy atom. The van der Waals surface area contributed by atoms with E-state index in [4.69, 9.17) is 25.5 Å². The number of nitrogens with two attached hydrogens (primary N) is 1. The lowest BCUT2D eigenvalue weighted by atomic mass is 10.0. The van der Waals surface area contributed by atoms with Crippen molar-refractivity contribution in [1.82, 2.24) is 25.1 Å². The molecule has 1 fully saturated rings. The van der Waals surface area contributed by atoms with E-state index in [1.165, 1.54) is 19.5 Å². The highest BCUT2D eigenvalue weighted by atomic mass is 19.4. The first-order valence-corrected chi connectivity index (χ1v) is 12.7. The molecule has 2 aromatic carbocycles. The number of fused-ring (bicyclic) bond motifs is 1. The number of carbonyl (C=O) groups is 2. The SMILES string of the molecule is CC(=O)O.COc1cc(-c2nn(C3CCNCC3)c3ncnc(N)c23)ccc1NC(=O)c1c(F)cccc1C(F)(F)F. The van der Waals surface area contributed by atoms with Crippen LogP contribution in [0.3, 0.4) is 0 Å². The lowest BCUT2D eigenvalue weighted by molar-refractivity contribution is -0.138. The van der Waals surface area contributed by atoms with E-state index < -0.39 is 35.0 Å². The molecule has 3 heterocycles. The molecule has 222 valence electrons. The van der Waals surface area contributed by atoms with E-state index in [-0.39, 0.29) is 23.3 Å². The van der Waals surface area contributed by atoms with Crippen LogP contribution in [0, 0.1) is 5.82 Å². The summed E-state index contributed by atoms with van der Waals surface area (Å²) in [7, 11) is 1.34. The molecule has 0 atom stereocenters. The van der Waals surface area contributed by atoms with Crippen molar-refractivity contribution < 1.29 is 37.0 Å². The van der Waals surface area contributed by atoms with Gasteiger partial charge in [-0.05, 0) is 50.2 Å². The van der Waals surface area contributed by atoms with Gasteiger partial charge >= 0.3 is 6.18 Å². The van der Waals surface area contributed by atoms with Crippen LogP contribution in [0.4, 0.5) is 29.1 Å². The van der Waals surface area contributed by atoms with Crippen LogP contribution in [0.5, 0.6) is 5.75 Å². The van der Waals surface area contributed by atoms with Gasteiger partial charge in [0.15, 0.2) is 5.65 Å². The number of nitrogens with one attached hydrogen (secondary N) is 2. The molecule has 0 unspecified atom stereocenters. The summed E-state index contributed by atoms with van der Waals surface area (Å²) >= 11 is 0. The smallest absolute Gasteiger partial charge is 0.417 e. The van der Waals surface area contributed by atoms with Gasteiger partial charge in [-0.2, -0.15) is 18.3 Å². The third-order valence-corrected chi connectivity index (χ3v) is 6.44. The average Bonchev–Trinajstić information content (AvgIpc) is 3.34. The van der Waals surface area contributed by atoms with Crippen LogP contribution in [-0.2, 0) is 11.0 Å². The van der Waals surface area contributed by atoms with E-state index in [1.54, 1.807) is 12.1 Å². The number of rotatable bonds is 5. The molecule has 4 aromatic rings. The minimum Gasteiger partial charge on any atom is -0.495 e. The highest BCUT2D eigenvalue weighted by Crippen LogP contribution is 2.38. The molecule has 1 amide bonds. The Bertz CT molecular complexity index is 1610. The quantitative estimate of drug-likeness (QED) is 0.246. The molecule has 0 spiro atoms. The topological polar surface area (TPSA) is 157 Å². The van der Waals surface area contributed by atoms with Crippen molar-refractivity contribution in [3.8, 4) is 17.0 Å². The zero-order valence-corrected chi connectivity index (χ0v) is 22.5. The second-order valence-electron chi connectivity index (χ2n) is 9.28. The summed E-state index contributed by atoms with van der Waals surface area (Å²) in [6.07, 6.45) is -1.84. The number of piperidine rings is 1. The molecule has 0 aliphatic carbocycles. The summed E-state index contributed by atoms with van der Waals surface area (Å²) < 4.78 is 61.8. The fraction of sp³-hybridized carbons (Fsp3) is 0.296. The summed E-state index contributed by atoms with van der Waals surface area (Å²) in [5.41, 5.74) is 5.38. The number of hydrogen-bond acceptors (Lipinski definition) is 8. The van der Waals surface area contributed by atoms with Crippen LogP contribution in [0.1, 0.15) is 41.7 Å². The number of amides is 1. The number of benzene rings is 2. The summed E-state index contributed by atoms with van der Waals surface area (Å²) in [5.74, 6) is -3.03. The predicted octanol–water partition coefficient (Wildman–Crippen LogP) is 4.51. The lowest BCUT2D eigenvalue weighted by Gasteiger charge is -2.23. The Morgan fingerprint density at radius 1 is 1.17 bits per heavy atom.